The summed E-state index contributed by atoms with van der Waals surface area (Å²) in [6.45, 7) is 7.66. The van der Waals surface area contributed by atoms with E-state index in [0.717, 1.165) is 24.0 Å². The zero-order valence-corrected chi connectivity index (χ0v) is 14.0. The zero-order chi connectivity index (χ0) is 14.9. The van der Waals surface area contributed by atoms with E-state index in [1.807, 2.05) is 6.07 Å². The third kappa shape index (κ3) is 3.16. The molecule has 1 aliphatic heterocycles. The van der Waals surface area contributed by atoms with Crippen LogP contribution in [-0.2, 0) is 5.54 Å². The highest BCUT2D eigenvalue weighted by Gasteiger charge is 2.34. The molecule has 0 aliphatic carbocycles. The minimum absolute atomic E-state index is 0.00875. The van der Waals surface area contributed by atoms with Crippen molar-refractivity contribution >= 4 is 22.9 Å². The van der Waals surface area contributed by atoms with Gasteiger partial charge in [0.1, 0.15) is 0 Å². The topological polar surface area (TPSA) is 15.3 Å². The van der Waals surface area contributed by atoms with Crippen molar-refractivity contribution in [3.05, 3.63) is 57.2 Å². The second-order valence-electron chi connectivity index (χ2n) is 5.91. The molecule has 0 radical (unpaired) electrons. The second-order valence-corrected chi connectivity index (χ2v) is 7.66. The van der Waals surface area contributed by atoms with E-state index < -0.39 is 0 Å². The highest BCUT2D eigenvalue weighted by Crippen LogP contribution is 2.33. The minimum atomic E-state index is 0.00875. The van der Waals surface area contributed by atoms with Crippen LogP contribution in [0.1, 0.15) is 30.3 Å². The molecule has 0 bridgehead atoms. The summed E-state index contributed by atoms with van der Waals surface area (Å²) >= 11 is 7.77. The molecule has 2 unspecified atom stereocenters. The van der Waals surface area contributed by atoms with Crippen molar-refractivity contribution in [3.8, 4) is 0 Å². The molecular formula is C17H21ClN2S. The van der Waals surface area contributed by atoms with Crippen LogP contribution < -0.4 is 5.32 Å². The van der Waals surface area contributed by atoms with Gasteiger partial charge in [-0.25, -0.2) is 0 Å². The average molecular weight is 321 g/mol. The predicted molar refractivity (Wildman–Crippen MR) is 91.1 cm³/mol. The maximum atomic E-state index is 6.08. The van der Waals surface area contributed by atoms with Crippen molar-refractivity contribution in [1.29, 1.82) is 0 Å². The number of nitrogens with zero attached hydrogens (tertiary/aromatic N) is 1. The fourth-order valence-corrected chi connectivity index (χ4v) is 4.23. The van der Waals surface area contributed by atoms with Crippen LogP contribution in [0.5, 0.6) is 0 Å². The SMILES string of the molecule is CC(c1ccc(Cl)s1)N1CCNC(C)(c2ccccc2)C1. The van der Waals surface area contributed by atoms with Crippen LogP contribution in [0.3, 0.4) is 0 Å². The summed E-state index contributed by atoms with van der Waals surface area (Å²) in [6.07, 6.45) is 0. The Morgan fingerprint density at radius 3 is 2.67 bits per heavy atom. The Morgan fingerprint density at radius 1 is 1.24 bits per heavy atom. The maximum absolute atomic E-state index is 6.08. The summed E-state index contributed by atoms with van der Waals surface area (Å²) in [5.41, 5.74) is 1.36. The molecular weight excluding hydrogens is 300 g/mol. The maximum Gasteiger partial charge on any atom is 0.0931 e. The van der Waals surface area contributed by atoms with Crippen LogP contribution in [0.2, 0.25) is 4.34 Å². The van der Waals surface area contributed by atoms with Crippen LogP contribution in [-0.4, -0.2) is 24.5 Å². The fraction of sp³-hybridized carbons (Fsp3) is 0.412. The van der Waals surface area contributed by atoms with Gasteiger partial charge in [0.15, 0.2) is 0 Å². The monoisotopic (exact) mass is 320 g/mol. The van der Waals surface area contributed by atoms with Crippen LogP contribution in [0.15, 0.2) is 42.5 Å². The van der Waals surface area contributed by atoms with Crippen molar-refractivity contribution in [2.45, 2.75) is 25.4 Å². The molecule has 0 spiro atoms. The van der Waals surface area contributed by atoms with Crippen molar-refractivity contribution in [2.75, 3.05) is 19.6 Å². The molecule has 2 heterocycles. The summed E-state index contributed by atoms with van der Waals surface area (Å²) in [6, 6.07) is 15.3. The highest BCUT2D eigenvalue weighted by molar-refractivity contribution is 7.16. The summed E-state index contributed by atoms with van der Waals surface area (Å²) in [5, 5.41) is 3.69. The fourth-order valence-electron chi connectivity index (χ4n) is 3.08. The van der Waals surface area contributed by atoms with Gasteiger partial charge in [-0.15, -0.1) is 11.3 Å². The zero-order valence-electron chi connectivity index (χ0n) is 12.5. The van der Waals surface area contributed by atoms with Crippen molar-refractivity contribution in [1.82, 2.24) is 10.2 Å². The lowest BCUT2D eigenvalue weighted by Crippen LogP contribution is -2.56. The molecule has 1 saturated heterocycles. The van der Waals surface area contributed by atoms with E-state index in [0.29, 0.717) is 6.04 Å². The molecule has 1 fully saturated rings. The molecule has 2 nitrogen and oxygen atoms in total. The predicted octanol–water partition coefficient (Wildman–Crippen LogP) is 4.28. The lowest BCUT2D eigenvalue weighted by Gasteiger charge is -2.44. The quantitative estimate of drug-likeness (QED) is 0.908. The standard InChI is InChI=1S/C17H21ClN2S/c1-13(15-8-9-16(18)21-15)20-11-10-19-17(2,12-20)14-6-4-3-5-7-14/h3-9,13,19H,10-12H2,1-2H3. The normalized spacial score (nSPS) is 24.9. The number of hydrogen-bond acceptors (Lipinski definition) is 3. The molecule has 2 atom stereocenters. The molecule has 2 aromatic rings. The van der Waals surface area contributed by atoms with E-state index in [1.54, 1.807) is 11.3 Å². The molecule has 21 heavy (non-hydrogen) atoms. The molecule has 3 rings (SSSR count). The van der Waals surface area contributed by atoms with Gasteiger partial charge in [-0.1, -0.05) is 41.9 Å². The Hall–Kier alpha value is -0.870. The summed E-state index contributed by atoms with van der Waals surface area (Å²) in [5.74, 6) is 0. The third-order valence-corrected chi connectivity index (χ3v) is 5.80. The van der Waals surface area contributed by atoms with E-state index in [2.05, 4.69) is 60.5 Å². The van der Waals surface area contributed by atoms with E-state index >= 15 is 0 Å². The molecule has 1 aromatic heterocycles. The van der Waals surface area contributed by atoms with Crippen molar-refractivity contribution < 1.29 is 0 Å². The van der Waals surface area contributed by atoms with Crippen LogP contribution in [0.25, 0.3) is 0 Å². The van der Waals surface area contributed by atoms with Crippen molar-refractivity contribution in [2.24, 2.45) is 0 Å². The number of halogens is 1. The number of nitrogens with one attached hydrogen (secondary N) is 1. The summed E-state index contributed by atoms with van der Waals surface area (Å²) in [7, 11) is 0. The third-order valence-electron chi connectivity index (χ3n) is 4.40. The van der Waals surface area contributed by atoms with Crippen LogP contribution >= 0.6 is 22.9 Å². The number of benzene rings is 1. The van der Waals surface area contributed by atoms with Crippen molar-refractivity contribution in [3.63, 3.8) is 0 Å². The first kappa shape index (κ1) is 15.0. The molecule has 1 aliphatic rings. The summed E-state index contributed by atoms with van der Waals surface area (Å²) in [4.78, 5) is 3.89. The van der Waals surface area contributed by atoms with Gasteiger partial charge < -0.3 is 5.32 Å². The lowest BCUT2D eigenvalue weighted by molar-refractivity contribution is 0.108. The smallest absolute Gasteiger partial charge is 0.0931 e. The van der Waals surface area contributed by atoms with Gasteiger partial charge in [0, 0.05) is 30.6 Å². The molecule has 112 valence electrons. The number of piperazine rings is 1. The van der Waals surface area contributed by atoms with Gasteiger partial charge in [-0.05, 0) is 31.5 Å². The van der Waals surface area contributed by atoms with Crippen LogP contribution in [0, 0.1) is 0 Å². The minimum Gasteiger partial charge on any atom is -0.305 e. The molecule has 4 heteroatoms. The van der Waals surface area contributed by atoms with E-state index in [1.165, 1.54) is 10.4 Å². The lowest BCUT2D eigenvalue weighted by atomic mass is 9.89. The average Bonchev–Trinajstić information content (AvgIpc) is 2.94. The van der Waals surface area contributed by atoms with Gasteiger partial charge >= 0.3 is 0 Å². The van der Waals surface area contributed by atoms with Crippen LogP contribution in [0.4, 0.5) is 0 Å². The molecule has 1 N–H and O–H groups in total. The Bertz CT molecular complexity index is 598. The highest BCUT2D eigenvalue weighted by atomic mass is 35.5. The molecule has 0 amide bonds. The second kappa shape index (κ2) is 6.09. The van der Waals surface area contributed by atoms with Gasteiger partial charge in [-0.2, -0.15) is 0 Å². The van der Waals surface area contributed by atoms with E-state index in [9.17, 15) is 0 Å². The number of hydrogen-bond donors (Lipinski definition) is 1. The molecule has 0 saturated carbocycles. The summed E-state index contributed by atoms with van der Waals surface area (Å²) < 4.78 is 0.873. The Kier molecular flexibility index (Phi) is 4.36. The first-order valence-corrected chi connectivity index (χ1v) is 8.58. The Morgan fingerprint density at radius 2 is 2.00 bits per heavy atom. The Labute approximate surface area is 135 Å². The first-order chi connectivity index (χ1) is 10.1. The van der Waals surface area contributed by atoms with E-state index in [4.69, 9.17) is 11.6 Å². The largest absolute Gasteiger partial charge is 0.305 e. The Balaban J connectivity index is 1.79. The van der Waals surface area contributed by atoms with Gasteiger partial charge in [-0.3, -0.25) is 4.90 Å². The number of thiophene rings is 1. The van der Waals surface area contributed by atoms with Gasteiger partial charge in [0.25, 0.3) is 0 Å². The van der Waals surface area contributed by atoms with E-state index in [-0.39, 0.29) is 5.54 Å². The number of rotatable bonds is 3. The first-order valence-electron chi connectivity index (χ1n) is 7.38. The molecule has 1 aromatic carbocycles. The van der Waals surface area contributed by atoms with Gasteiger partial charge in [0.2, 0.25) is 0 Å². The van der Waals surface area contributed by atoms with Gasteiger partial charge in [0.05, 0.1) is 9.88 Å².